The van der Waals surface area contributed by atoms with Crippen molar-refractivity contribution >= 4 is 5.78 Å². The molecule has 4 rings (SSSR count). The van der Waals surface area contributed by atoms with Crippen LogP contribution in [-0.4, -0.2) is 5.78 Å². The maximum absolute atomic E-state index is 12.2. The van der Waals surface area contributed by atoms with Gasteiger partial charge >= 0.3 is 0 Å². The molecule has 2 aliphatic rings. The van der Waals surface area contributed by atoms with Gasteiger partial charge in [0, 0.05) is 17.9 Å². The fourth-order valence-corrected chi connectivity index (χ4v) is 3.60. The maximum Gasteiger partial charge on any atom is 0.162 e. The summed E-state index contributed by atoms with van der Waals surface area (Å²) in [7, 11) is 0. The number of Topliss-reactive ketones (excluding diaryl/α,β-unsaturated/α-hetero) is 1. The number of fused-ring (bicyclic) bond motifs is 11. The highest BCUT2D eigenvalue weighted by Crippen LogP contribution is 2.30. The van der Waals surface area contributed by atoms with Crippen LogP contribution in [0, 0.1) is 0 Å². The predicted molar refractivity (Wildman–Crippen MR) is 96.0 cm³/mol. The Bertz CT molecular complexity index is 612. The number of ketones is 1. The Kier molecular flexibility index (Phi) is 5.63. The van der Waals surface area contributed by atoms with Crippen molar-refractivity contribution in [1.82, 2.24) is 0 Å². The number of hydrogen-bond donors (Lipinski definition) is 0. The highest BCUT2D eigenvalue weighted by molar-refractivity contribution is 5.96. The largest absolute Gasteiger partial charge is 0.294 e. The Hall–Kier alpha value is -1.89. The van der Waals surface area contributed by atoms with Gasteiger partial charge in [-0.25, -0.2) is 0 Å². The topological polar surface area (TPSA) is 17.1 Å². The predicted octanol–water partition coefficient (Wildman–Crippen LogP) is 6.14. The number of hydrogen-bond acceptors (Lipinski definition) is 1. The van der Waals surface area contributed by atoms with Crippen LogP contribution in [0.1, 0.15) is 78.8 Å². The van der Waals surface area contributed by atoms with Gasteiger partial charge in [0.15, 0.2) is 5.78 Å². The zero-order chi connectivity index (χ0) is 15.9. The van der Waals surface area contributed by atoms with Crippen LogP contribution in [0.25, 0.3) is 0 Å². The highest BCUT2D eigenvalue weighted by Gasteiger charge is 2.15. The number of carbonyl (C=O) groups excluding carboxylic acids is 1. The Morgan fingerprint density at radius 2 is 1.26 bits per heavy atom. The third-order valence-corrected chi connectivity index (χ3v) is 4.98. The molecule has 0 saturated heterocycles. The average molecular weight is 306 g/mol. The standard InChI is InChI=1S/C22H26O/c23-22-13-9-4-2-1-3-8-12-21(18-10-6-5-7-11-18)19-14-16-20(22)17-15-19/h5-7,10-11,14-17,21H,1-4,8-9,12-13H2. The summed E-state index contributed by atoms with van der Waals surface area (Å²) in [6.45, 7) is 0. The van der Waals surface area contributed by atoms with Gasteiger partial charge in [-0.1, -0.05) is 86.7 Å². The SMILES string of the molecule is O=C1CCCCCCCCC(c2ccccc2)c2ccc1cc2. The summed E-state index contributed by atoms with van der Waals surface area (Å²) < 4.78 is 0. The molecule has 0 heterocycles. The summed E-state index contributed by atoms with van der Waals surface area (Å²) in [5, 5.41) is 0. The molecule has 120 valence electrons. The lowest BCUT2D eigenvalue weighted by Crippen LogP contribution is -2.04. The first-order valence-electron chi connectivity index (χ1n) is 9.03. The van der Waals surface area contributed by atoms with Crippen LogP contribution in [0.4, 0.5) is 0 Å². The van der Waals surface area contributed by atoms with E-state index >= 15 is 0 Å². The molecule has 1 nitrogen and oxygen atoms in total. The van der Waals surface area contributed by atoms with E-state index in [1.807, 2.05) is 12.1 Å². The van der Waals surface area contributed by atoms with Crippen molar-refractivity contribution in [3.63, 3.8) is 0 Å². The second-order valence-electron chi connectivity index (χ2n) is 6.67. The number of benzene rings is 2. The maximum atomic E-state index is 12.2. The molecule has 0 spiro atoms. The second kappa shape index (κ2) is 8.10. The molecule has 0 aliphatic heterocycles. The third-order valence-electron chi connectivity index (χ3n) is 4.98. The van der Waals surface area contributed by atoms with Crippen LogP contribution >= 0.6 is 0 Å². The highest BCUT2D eigenvalue weighted by atomic mass is 16.1. The molecule has 1 unspecified atom stereocenters. The molecule has 1 heteroatoms. The first-order chi connectivity index (χ1) is 11.3. The molecule has 0 radical (unpaired) electrons. The third kappa shape index (κ3) is 4.31. The summed E-state index contributed by atoms with van der Waals surface area (Å²) >= 11 is 0. The van der Waals surface area contributed by atoms with Crippen molar-refractivity contribution < 1.29 is 4.79 Å². The molecule has 2 bridgehead atoms. The van der Waals surface area contributed by atoms with Gasteiger partial charge in [-0.05, 0) is 24.0 Å². The van der Waals surface area contributed by atoms with Crippen LogP contribution in [0.15, 0.2) is 54.6 Å². The lowest BCUT2D eigenvalue weighted by molar-refractivity contribution is 0.0979. The van der Waals surface area contributed by atoms with Crippen molar-refractivity contribution in [3.05, 3.63) is 71.3 Å². The molecule has 0 N–H and O–H groups in total. The van der Waals surface area contributed by atoms with Crippen molar-refractivity contribution in [1.29, 1.82) is 0 Å². The molecular formula is C22H26O. The Morgan fingerprint density at radius 3 is 2.00 bits per heavy atom. The van der Waals surface area contributed by atoms with Gasteiger partial charge < -0.3 is 0 Å². The molecule has 2 aromatic carbocycles. The zero-order valence-electron chi connectivity index (χ0n) is 13.8. The molecule has 2 aromatic rings. The van der Waals surface area contributed by atoms with Crippen LogP contribution in [0.3, 0.4) is 0 Å². The van der Waals surface area contributed by atoms with Gasteiger partial charge in [0.05, 0.1) is 0 Å². The lowest BCUT2D eigenvalue weighted by atomic mass is 9.86. The smallest absolute Gasteiger partial charge is 0.162 e. The van der Waals surface area contributed by atoms with Gasteiger partial charge in [-0.3, -0.25) is 4.79 Å². The van der Waals surface area contributed by atoms with E-state index in [-0.39, 0.29) is 0 Å². The number of rotatable bonds is 1. The van der Waals surface area contributed by atoms with Crippen molar-refractivity contribution in [3.8, 4) is 0 Å². The normalized spacial score (nSPS) is 20.2. The van der Waals surface area contributed by atoms with E-state index in [0.717, 1.165) is 12.0 Å². The van der Waals surface area contributed by atoms with Crippen LogP contribution in [0.2, 0.25) is 0 Å². The van der Waals surface area contributed by atoms with E-state index in [4.69, 9.17) is 0 Å². The molecule has 1 atom stereocenters. The van der Waals surface area contributed by atoms with Crippen molar-refractivity contribution in [2.24, 2.45) is 0 Å². The minimum atomic E-state index is 0.296. The van der Waals surface area contributed by atoms with Crippen molar-refractivity contribution in [2.75, 3.05) is 0 Å². The van der Waals surface area contributed by atoms with Crippen LogP contribution in [0.5, 0.6) is 0 Å². The molecule has 0 fully saturated rings. The molecule has 23 heavy (non-hydrogen) atoms. The van der Waals surface area contributed by atoms with E-state index in [2.05, 4.69) is 42.5 Å². The van der Waals surface area contributed by atoms with E-state index in [1.54, 1.807) is 0 Å². The molecular weight excluding hydrogens is 280 g/mol. The van der Waals surface area contributed by atoms with E-state index in [0.29, 0.717) is 18.1 Å². The average Bonchev–Trinajstić information content (AvgIpc) is 2.61. The van der Waals surface area contributed by atoms with Crippen LogP contribution < -0.4 is 0 Å². The quantitative estimate of drug-likeness (QED) is 0.619. The molecule has 0 saturated carbocycles. The van der Waals surface area contributed by atoms with Gasteiger partial charge in [0.1, 0.15) is 0 Å². The Labute approximate surface area is 139 Å². The summed E-state index contributed by atoms with van der Waals surface area (Å²) in [4.78, 5) is 12.2. The van der Waals surface area contributed by atoms with E-state index in [1.165, 1.54) is 49.7 Å². The fraction of sp³-hybridized carbons (Fsp3) is 0.409. The van der Waals surface area contributed by atoms with Gasteiger partial charge in [0.25, 0.3) is 0 Å². The molecule has 0 amide bonds. The van der Waals surface area contributed by atoms with Gasteiger partial charge in [-0.2, -0.15) is 0 Å². The minimum Gasteiger partial charge on any atom is -0.294 e. The summed E-state index contributed by atoms with van der Waals surface area (Å²) in [6.07, 6.45) is 9.25. The first kappa shape index (κ1) is 16.0. The van der Waals surface area contributed by atoms with Crippen molar-refractivity contribution in [2.45, 2.75) is 57.3 Å². The molecule has 2 aliphatic carbocycles. The fourth-order valence-electron chi connectivity index (χ4n) is 3.60. The summed E-state index contributed by atoms with van der Waals surface area (Å²) in [5.74, 6) is 0.744. The minimum absolute atomic E-state index is 0.296. The number of carbonyl (C=O) groups is 1. The van der Waals surface area contributed by atoms with Crippen LogP contribution in [-0.2, 0) is 0 Å². The first-order valence-corrected chi connectivity index (χ1v) is 9.03. The molecule has 0 aromatic heterocycles. The summed E-state index contributed by atoms with van der Waals surface area (Å²) in [6, 6.07) is 19.2. The Balaban J connectivity index is 1.88. The second-order valence-corrected chi connectivity index (χ2v) is 6.67. The monoisotopic (exact) mass is 306 g/mol. The van der Waals surface area contributed by atoms with Gasteiger partial charge in [0.2, 0.25) is 0 Å². The lowest BCUT2D eigenvalue weighted by Gasteiger charge is -2.19. The van der Waals surface area contributed by atoms with E-state index in [9.17, 15) is 4.79 Å². The van der Waals surface area contributed by atoms with Gasteiger partial charge in [-0.15, -0.1) is 0 Å². The van der Waals surface area contributed by atoms with E-state index < -0.39 is 0 Å². The summed E-state index contributed by atoms with van der Waals surface area (Å²) in [5.41, 5.74) is 3.60. The zero-order valence-corrected chi connectivity index (χ0v) is 13.8. The Morgan fingerprint density at radius 1 is 0.652 bits per heavy atom.